The van der Waals surface area contributed by atoms with E-state index in [0.29, 0.717) is 16.8 Å². The third-order valence-electron chi connectivity index (χ3n) is 12.0. The number of allylic oxidation sites excluding steroid dienone is 8. The van der Waals surface area contributed by atoms with Gasteiger partial charge in [0.2, 0.25) is 0 Å². The fourth-order valence-corrected chi connectivity index (χ4v) is 8.84. The zero-order valence-electron chi connectivity index (χ0n) is 49.9. The van der Waals surface area contributed by atoms with Gasteiger partial charge in [-0.15, -0.1) is 41.8 Å². The molecule has 12 heteroatoms. The van der Waals surface area contributed by atoms with Crippen molar-refractivity contribution in [2.45, 2.75) is 6.29 Å². The largest absolute Gasteiger partial charge is 4.00 e. The smallest absolute Gasteiger partial charge is 0.646 e. The van der Waals surface area contributed by atoms with Crippen LogP contribution in [0.4, 0.5) is 34.1 Å². The topological polar surface area (TPSA) is 74.9 Å². The summed E-state index contributed by atoms with van der Waals surface area (Å²) in [6.45, 7) is -0.899. The number of anilines is 5. The van der Waals surface area contributed by atoms with E-state index in [1.54, 1.807) is 36.4 Å². The van der Waals surface area contributed by atoms with E-state index < -0.39 is 61.6 Å². The Labute approximate surface area is 452 Å². The maximum atomic E-state index is 9.20. The summed E-state index contributed by atoms with van der Waals surface area (Å²) in [5.74, 6) is 3.66. The second-order valence-electron chi connectivity index (χ2n) is 16.2. The summed E-state index contributed by atoms with van der Waals surface area (Å²) in [5, 5.41) is 11.5. The number of aromatic nitrogens is 2. The van der Waals surface area contributed by atoms with Crippen LogP contribution in [0.3, 0.4) is 0 Å². The van der Waals surface area contributed by atoms with Crippen LogP contribution in [0.25, 0.3) is 49.3 Å². The van der Waals surface area contributed by atoms with Gasteiger partial charge in [0, 0.05) is 76.2 Å². The van der Waals surface area contributed by atoms with Crippen molar-refractivity contribution in [1.82, 2.24) is 20.2 Å². The van der Waals surface area contributed by atoms with Gasteiger partial charge in [-0.1, -0.05) is 138 Å². The molecule has 1 atom stereocenters. The van der Waals surface area contributed by atoms with Crippen molar-refractivity contribution < 1.29 is 42.3 Å². The van der Waals surface area contributed by atoms with Crippen LogP contribution in [-0.2, 0) is 21.1 Å². The molecular formula is C60H44B2N8OPt. The number of pyridine rings is 1. The Morgan fingerprint density at radius 1 is 0.694 bits per heavy atom. The van der Waals surface area contributed by atoms with Gasteiger partial charge in [-0.05, 0) is 76.3 Å². The molecule has 0 fully saturated rings. The molecule has 72 heavy (non-hydrogen) atoms. The maximum Gasteiger partial charge on any atom is 4.00 e. The van der Waals surface area contributed by atoms with Crippen LogP contribution >= 0.6 is 0 Å². The van der Waals surface area contributed by atoms with Gasteiger partial charge in [-0.25, -0.2) is 0 Å². The Morgan fingerprint density at radius 3 is 2.10 bits per heavy atom. The van der Waals surface area contributed by atoms with Crippen molar-refractivity contribution >= 4 is 81.4 Å². The van der Waals surface area contributed by atoms with Crippen LogP contribution in [0, 0.1) is 18.8 Å². The molecule has 6 heterocycles. The van der Waals surface area contributed by atoms with E-state index in [0.717, 1.165) is 38.3 Å². The van der Waals surface area contributed by atoms with Crippen LogP contribution in [-0.4, -0.2) is 31.1 Å². The molecule has 0 spiro atoms. The molecule has 0 amide bonds. The van der Waals surface area contributed by atoms with Crippen molar-refractivity contribution in [3.63, 3.8) is 0 Å². The van der Waals surface area contributed by atoms with Gasteiger partial charge in [0.1, 0.15) is 5.88 Å². The normalized spacial score (nSPS) is 22.5. The zero-order chi connectivity index (χ0) is 57.8. The minimum Gasteiger partial charge on any atom is -0.646 e. The fourth-order valence-electron chi connectivity index (χ4n) is 8.84. The molecule has 2 aromatic heterocycles. The standard InChI is InChI=1S/C60H44B2N8O.Pt/c1-67-54-27-8-6-25-51(54)66-60(67)70-53-26-7-5-20-45(53)46-31-30-44(40-57(46)70)71-58-39-43(38-52(65-58)42-18-3-2-4-19-42)68-41-69(56-29-10-9-28-55(56)68)59-47(49-23-16-36-63-34-13-11-32-61-49)21-15-22-48(59)50-24-17-37-64-35-14-12-33-62-50;/h2-38,41,60,63-64H,1H3;/q-4;+4/b32-11-,33-12-,34-13-,35-14-,36-16-,37-17-,49-23-,50-24-;/i1D3,2D,3D,4D,5D,7D,18D,19D,20D,26D;. The number of nitrogens with one attached hydrogen (secondary N) is 2. The second-order valence-corrected chi connectivity index (χ2v) is 16.2. The van der Waals surface area contributed by atoms with Crippen LogP contribution in [0.2, 0.25) is 0 Å². The average molecular weight is 1120 g/mol. The van der Waals surface area contributed by atoms with Crippen LogP contribution in [0.1, 0.15) is 33.9 Å². The molecule has 0 saturated carbocycles. The number of rotatable bonds is 8. The summed E-state index contributed by atoms with van der Waals surface area (Å²) < 4.78 is 114. The van der Waals surface area contributed by atoms with Crippen molar-refractivity contribution in [1.29, 1.82) is 0 Å². The van der Waals surface area contributed by atoms with Gasteiger partial charge in [-0.3, -0.25) is 4.98 Å². The van der Waals surface area contributed by atoms with E-state index in [1.807, 2.05) is 142 Å². The molecule has 346 valence electrons. The Balaban J connectivity index is 0.00000736. The van der Waals surface area contributed by atoms with Crippen LogP contribution in [0.15, 0.2) is 225 Å². The monoisotopic (exact) mass is 1120 g/mol. The minimum absolute atomic E-state index is 0. The minimum atomic E-state index is -2.78. The molecule has 1 unspecified atom stereocenters. The third-order valence-corrected chi connectivity index (χ3v) is 12.0. The van der Waals surface area contributed by atoms with Crippen molar-refractivity contribution in [2.24, 2.45) is 0 Å². The Kier molecular flexibility index (Phi) is 9.70. The van der Waals surface area contributed by atoms with Gasteiger partial charge in [0.25, 0.3) is 0 Å². The number of ether oxygens (including phenoxy) is 1. The summed E-state index contributed by atoms with van der Waals surface area (Å²) in [7, 11) is 4.07. The molecule has 6 aromatic carbocycles. The maximum absolute atomic E-state index is 9.20. The van der Waals surface area contributed by atoms with Gasteiger partial charge in [0.05, 0.1) is 12.3 Å². The van der Waals surface area contributed by atoms with Crippen molar-refractivity contribution in [2.75, 3.05) is 21.7 Å². The molecule has 9 nitrogen and oxygen atoms in total. The summed E-state index contributed by atoms with van der Waals surface area (Å²) in [5.41, 5.74) is 6.44. The molecule has 12 rings (SSSR count). The third kappa shape index (κ3) is 8.88. The molecule has 0 aliphatic carbocycles. The summed E-state index contributed by atoms with van der Waals surface area (Å²) >= 11 is 0. The van der Waals surface area contributed by atoms with E-state index >= 15 is 0 Å². The number of hydrogen-bond acceptors (Lipinski definition) is 7. The first-order valence-electron chi connectivity index (χ1n) is 28.6. The number of benzene rings is 6. The SMILES string of the molecule is [2H]c1c([2H])c([2H])c(-c2cc(N3[CH-]N(c4c(/C5=C/C=C\N/C=C\C=C/[B]5)cccc4/C4=C/C=C\N/C=C\C=C/[B]4)c4ccccc43)[c-]c(Oc3[c-]c4c(cc3)c3c([2H])c([2H])c([2H])c([2H])c3n4C3[N-]c4ccccc4N3C([2H])([2H])[2H])n2)c([2H])c1[2H].[Pt+4]. The predicted molar refractivity (Wildman–Crippen MR) is 294 cm³/mol. The van der Waals surface area contributed by atoms with Crippen LogP contribution < -0.4 is 30.1 Å². The van der Waals surface area contributed by atoms with Gasteiger partial charge < -0.3 is 40.0 Å². The zero-order valence-corrected chi connectivity index (χ0v) is 40.2. The predicted octanol–water partition coefficient (Wildman–Crippen LogP) is 13.6. The van der Waals surface area contributed by atoms with E-state index in [9.17, 15) is 1.37 Å². The molecule has 8 aromatic rings. The van der Waals surface area contributed by atoms with Gasteiger partial charge >= 0.3 is 21.1 Å². The van der Waals surface area contributed by atoms with E-state index in [4.69, 9.17) is 30.1 Å². The Morgan fingerprint density at radius 2 is 1.36 bits per heavy atom. The first-order chi connectivity index (χ1) is 40.1. The first-order valence-corrected chi connectivity index (χ1v) is 22.6. The molecule has 4 aliphatic heterocycles. The molecule has 2 N–H and O–H groups in total. The molecule has 0 bridgehead atoms. The number of para-hydroxylation sites is 6. The fraction of sp³-hybridized carbons (Fsp3) is 0.0333. The van der Waals surface area contributed by atoms with E-state index in [2.05, 4.69) is 39.8 Å². The van der Waals surface area contributed by atoms with Crippen molar-refractivity contribution in [3.8, 4) is 22.9 Å². The average Bonchev–Trinajstić information content (AvgIpc) is 1.74. The van der Waals surface area contributed by atoms with Crippen LogP contribution in [0.5, 0.6) is 11.6 Å². The second kappa shape index (κ2) is 20.5. The van der Waals surface area contributed by atoms with Gasteiger partial charge in [-0.2, -0.15) is 23.9 Å². The summed E-state index contributed by atoms with van der Waals surface area (Å²) in [4.78, 5) is 9.82. The molecule has 2 radical (unpaired) electrons. The van der Waals surface area contributed by atoms with Crippen molar-refractivity contribution in [3.05, 3.63) is 260 Å². The summed E-state index contributed by atoms with van der Waals surface area (Å²) in [6.07, 6.45) is 21.5. The quantitative estimate of drug-likeness (QED) is 0.116. The van der Waals surface area contributed by atoms with E-state index in [-0.39, 0.29) is 77.8 Å². The Bertz CT molecular complexity index is 4150. The van der Waals surface area contributed by atoms with Gasteiger partial charge in [0.15, 0.2) is 14.6 Å². The molecule has 4 aliphatic rings. The molecule has 0 saturated heterocycles. The molecular weight excluding hydrogens is 1070 g/mol. The summed E-state index contributed by atoms with van der Waals surface area (Å²) in [6, 6.07) is 27.1. The number of nitrogens with zero attached hydrogens (tertiary/aromatic N) is 6. The number of hydrogen-bond donors (Lipinski definition) is 2. The first kappa shape index (κ1) is 34.0. The Hall–Kier alpha value is -8.39. The number of fused-ring (bicyclic) bond motifs is 5. The van der Waals surface area contributed by atoms with E-state index in [1.165, 1.54) is 10.6 Å².